The van der Waals surface area contributed by atoms with Gasteiger partial charge in [-0.3, -0.25) is 9.89 Å². The van der Waals surface area contributed by atoms with Crippen molar-refractivity contribution in [1.29, 1.82) is 0 Å². The summed E-state index contributed by atoms with van der Waals surface area (Å²) in [5.74, 6) is 0.901. The lowest BCUT2D eigenvalue weighted by atomic mass is 9.83. The zero-order valence-electron chi connectivity index (χ0n) is 17.8. The molecule has 2 heterocycles. The first-order chi connectivity index (χ1) is 13.8. The van der Waals surface area contributed by atoms with Gasteiger partial charge in [0.15, 0.2) is 5.96 Å². The summed E-state index contributed by atoms with van der Waals surface area (Å²) in [6.07, 6.45) is 6.35. The second kappa shape index (κ2) is 13.1. The molecule has 1 saturated carbocycles. The van der Waals surface area contributed by atoms with E-state index in [1.54, 1.807) is 7.11 Å². The molecule has 3 rings (SSSR count). The van der Waals surface area contributed by atoms with Gasteiger partial charge in [-0.1, -0.05) is 18.9 Å². The van der Waals surface area contributed by atoms with E-state index in [-0.39, 0.29) is 24.0 Å². The van der Waals surface area contributed by atoms with Crippen LogP contribution in [0, 0.1) is 5.41 Å². The first-order valence-electron chi connectivity index (χ1n) is 10.5. The lowest BCUT2D eigenvalue weighted by Crippen LogP contribution is -2.48. The van der Waals surface area contributed by atoms with E-state index < -0.39 is 0 Å². The van der Waals surface area contributed by atoms with E-state index in [4.69, 9.17) is 9.47 Å². The van der Waals surface area contributed by atoms with E-state index in [0.717, 1.165) is 58.4 Å². The molecule has 1 saturated heterocycles. The number of thiophene rings is 1. The molecule has 0 radical (unpaired) electrons. The number of nitrogens with one attached hydrogen (secondary N) is 2. The molecule has 2 aliphatic rings. The lowest BCUT2D eigenvalue weighted by Gasteiger charge is -2.35. The van der Waals surface area contributed by atoms with Gasteiger partial charge < -0.3 is 20.1 Å². The molecule has 1 aromatic heterocycles. The van der Waals surface area contributed by atoms with Gasteiger partial charge in [-0.2, -0.15) is 0 Å². The van der Waals surface area contributed by atoms with Crippen molar-refractivity contribution in [2.24, 2.45) is 10.4 Å². The summed E-state index contributed by atoms with van der Waals surface area (Å²) in [5, 5.41) is 9.35. The highest BCUT2D eigenvalue weighted by Crippen LogP contribution is 2.40. The van der Waals surface area contributed by atoms with Gasteiger partial charge in [0.2, 0.25) is 0 Å². The second-order valence-electron chi connectivity index (χ2n) is 7.94. The molecule has 0 aromatic carbocycles. The molecule has 166 valence electrons. The highest BCUT2D eigenvalue weighted by Gasteiger charge is 2.33. The maximum Gasteiger partial charge on any atom is 0.191 e. The third-order valence-corrected chi connectivity index (χ3v) is 7.15. The van der Waals surface area contributed by atoms with Gasteiger partial charge in [-0.15, -0.1) is 35.3 Å². The van der Waals surface area contributed by atoms with Gasteiger partial charge in [-0.05, 0) is 36.1 Å². The topological polar surface area (TPSA) is 58.1 Å². The average Bonchev–Trinajstić information content (AvgIpc) is 3.43. The van der Waals surface area contributed by atoms with Gasteiger partial charge in [0, 0.05) is 51.8 Å². The summed E-state index contributed by atoms with van der Waals surface area (Å²) in [6, 6.07) is 4.73. The first-order valence-corrected chi connectivity index (χ1v) is 11.4. The fourth-order valence-electron chi connectivity index (χ4n) is 4.42. The summed E-state index contributed by atoms with van der Waals surface area (Å²) in [5.41, 5.74) is 0.352. The van der Waals surface area contributed by atoms with Crippen molar-refractivity contribution in [3.05, 3.63) is 22.4 Å². The van der Waals surface area contributed by atoms with Gasteiger partial charge in [0.25, 0.3) is 0 Å². The number of guanidine groups is 1. The Balaban J connectivity index is 0.00000300. The number of halogens is 1. The summed E-state index contributed by atoms with van der Waals surface area (Å²) in [6.45, 7) is 6.26. The summed E-state index contributed by atoms with van der Waals surface area (Å²) < 4.78 is 10.9. The molecule has 0 amide bonds. The van der Waals surface area contributed by atoms with E-state index in [0.29, 0.717) is 11.5 Å². The molecule has 29 heavy (non-hydrogen) atoms. The van der Waals surface area contributed by atoms with Crippen LogP contribution < -0.4 is 10.6 Å². The van der Waals surface area contributed by atoms with E-state index in [1.165, 1.54) is 30.6 Å². The summed E-state index contributed by atoms with van der Waals surface area (Å²) in [4.78, 5) is 8.40. The SMILES string of the molecule is CN=C(NCC(c1cccs1)N1CCOCC1)NCC1(CCOC)CCCC1.I. The molecule has 0 bridgehead atoms. The Bertz CT molecular complexity index is 588. The van der Waals surface area contributed by atoms with Gasteiger partial charge in [-0.25, -0.2) is 0 Å². The number of rotatable bonds is 9. The van der Waals surface area contributed by atoms with Gasteiger partial charge in [0.05, 0.1) is 19.3 Å². The van der Waals surface area contributed by atoms with Crippen molar-refractivity contribution in [2.75, 3.05) is 60.2 Å². The summed E-state index contributed by atoms with van der Waals surface area (Å²) in [7, 11) is 3.66. The largest absolute Gasteiger partial charge is 0.385 e. The number of morpholine rings is 1. The fraction of sp³-hybridized carbons (Fsp3) is 0.762. The normalized spacial score (nSPS) is 20.8. The smallest absolute Gasteiger partial charge is 0.191 e. The van der Waals surface area contributed by atoms with Gasteiger partial charge >= 0.3 is 0 Å². The molecule has 8 heteroatoms. The predicted octanol–water partition coefficient (Wildman–Crippen LogP) is 3.50. The molecule has 6 nitrogen and oxygen atoms in total. The molecule has 1 aromatic rings. The van der Waals surface area contributed by atoms with Crippen molar-refractivity contribution >= 4 is 41.3 Å². The second-order valence-corrected chi connectivity index (χ2v) is 8.92. The first kappa shape index (κ1) is 24.8. The highest BCUT2D eigenvalue weighted by atomic mass is 127. The quantitative estimate of drug-likeness (QED) is 0.288. The van der Waals surface area contributed by atoms with Crippen LogP contribution >= 0.6 is 35.3 Å². The Morgan fingerprint density at radius 2 is 2.07 bits per heavy atom. The Labute approximate surface area is 196 Å². The van der Waals surface area contributed by atoms with E-state index >= 15 is 0 Å². The highest BCUT2D eigenvalue weighted by molar-refractivity contribution is 14.0. The van der Waals surface area contributed by atoms with Crippen molar-refractivity contribution in [3.8, 4) is 0 Å². The molecular formula is C21H37IN4O2S. The molecule has 2 fully saturated rings. The number of methoxy groups -OCH3 is 1. The Hall–Kier alpha value is -0.420. The third kappa shape index (κ3) is 7.34. The minimum atomic E-state index is 0. The number of ether oxygens (including phenoxy) is 2. The van der Waals surface area contributed by atoms with Crippen molar-refractivity contribution in [3.63, 3.8) is 0 Å². The standard InChI is InChI=1S/C21H36N4O2S.HI/c1-22-20(24-17-21(9-12-26-2)7-3-4-8-21)23-16-18(19-6-5-15-28-19)25-10-13-27-14-11-25;/h5-6,15,18H,3-4,7-14,16-17H2,1-2H3,(H2,22,23,24);1H. The van der Waals surface area contributed by atoms with Crippen LogP contribution in [0.1, 0.15) is 43.0 Å². The molecule has 1 aliphatic carbocycles. The molecule has 1 atom stereocenters. The van der Waals surface area contributed by atoms with E-state index in [2.05, 4.69) is 38.0 Å². The van der Waals surface area contributed by atoms with Crippen LogP contribution in [0.5, 0.6) is 0 Å². The van der Waals surface area contributed by atoms with Crippen LogP contribution in [0.4, 0.5) is 0 Å². The molecule has 2 N–H and O–H groups in total. The maximum atomic E-state index is 5.55. The van der Waals surface area contributed by atoms with E-state index in [1.807, 2.05) is 18.4 Å². The van der Waals surface area contributed by atoms with Crippen molar-refractivity contribution < 1.29 is 9.47 Å². The lowest BCUT2D eigenvalue weighted by molar-refractivity contribution is 0.0177. The predicted molar refractivity (Wildman–Crippen MR) is 132 cm³/mol. The Morgan fingerprint density at radius 3 is 2.69 bits per heavy atom. The Morgan fingerprint density at radius 1 is 1.31 bits per heavy atom. The third-order valence-electron chi connectivity index (χ3n) is 6.18. The minimum Gasteiger partial charge on any atom is -0.385 e. The minimum absolute atomic E-state index is 0. The number of hydrogen-bond acceptors (Lipinski definition) is 5. The molecular weight excluding hydrogens is 499 g/mol. The Kier molecular flexibility index (Phi) is 11.2. The number of nitrogens with zero attached hydrogens (tertiary/aromatic N) is 2. The van der Waals surface area contributed by atoms with Gasteiger partial charge in [0.1, 0.15) is 0 Å². The zero-order chi connectivity index (χ0) is 19.7. The van der Waals surface area contributed by atoms with Crippen LogP contribution in [0.3, 0.4) is 0 Å². The van der Waals surface area contributed by atoms with Crippen LogP contribution in [0.2, 0.25) is 0 Å². The molecule has 1 unspecified atom stereocenters. The average molecular weight is 537 g/mol. The monoisotopic (exact) mass is 536 g/mol. The molecule has 1 aliphatic heterocycles. The molecule has 0 spiro atoms. The maximum absolute atomic E-state index is 5.55. The number of hydrogen-bond donors (Lipinski definition) is 2. The van der Waals surface area contributed by atoms with Crippen LogP contribution in [0.25, 0.3) is 0 Å². The van der Waals surface area contributed by atoms with E-state index in [9.17, 15) is 0 Å². The zero-order valence-corrected chi connectivity index (χ0v) is 21.0. The number of aliphatic imine (C=N–C) groups is 1. The van der Waals surface area contributed by atoms with Crippen molar-refractivity contribution in [2.45, 2.75) is 38.1 Å². The van der Waals surface area contributed by atoms with Crippen LogP contribution in [-0.2, 0) is 9.47 Å². The van der Waals surface area contributed by atoms with Crippen molar-refractivity contribution in [1.82, 2.24) is 15.5 Å². The summed E-state index contributed by atoms with van der Waals surface area (Å²) >= 11 is 1.83. The fourth-order valence-corrected chi connectivity index (χ4v) is 5.28. The van der Waals surface area contributed by atoms with Crippen LogP contribution in [-0.4, -0.2) is 71.0 Å². The van der Waals surface area contributed by atoms with Crippen LogP contribution in [0.15, 0.2) is 22.5 Å².